The molecule has 1 aliphatic heterocycles. The van der Waals surface area contributed by atoms with Crippen LogP contribution in [-0.4, -0.2) is 71.1 Å². The average Bonchev–Trinajstić information content (AvgIpc) is 3.24. The zero-order chi connectivity index (χ0) is 33.4. The minimum atomic E-state index is -0.885. The summed E-state index contributed by atoms with van der Waals surface area (Å²) in [7, 11) is 0. The number of unbranched alkanes of at least 4 members (excludes halogenated alkanes) is 2. The first kappa shape index (κ1) is 38.5. The van der Waals surface area contributed by atoms with Gasteiger partial charge in [0.2, 0.25) is 23.6 Å². The van der Waals surface area contributed by atoms with Crippen molar-refractivity contribution in [2.45, 2.75) is 131 Å². The van der Waals surface area contributed by atoms with Crippen molar-refractivity contribution in [3.8, 4) is 0 Å². The molecule has 250 valence electrons. The molecule has 0 aromatic carbocycles. The van der Waals surface area contributed by atoms with Crippen LogP contribution in [-0.2, 0) is 38.4 Å². The maximum absolute atomic E-state index is 13.4. The Labute approximate surface area is 261 Å². The third-order valence-corrected chi connectivity index (χ3v) is 6.92. The van der Waals surface area contributed by atoms with E-state index in [0.717, 1.165) is 0 Å². The topological polar surface area (TPSA) is 180 Å². The molecule has 0 saturated carbocycles. The summed E-state index contributed by atoms with van der Waals surface area (Å²) in [6.07, 6.45) is 3.11. The van der Waals surface area contributed by atoms with Crippen LogP contribution in [0.3, 0.4) is 0 Å². The van der Waals surface area contributed by atoms with Crippen molar-refractivity contribution in [3.05, 3.63) is 0 Å². The normalized spacial score (nSPS) is 15.3. The molecule has 44 heavy (non-hydrogen) atoms. The highest BCUT2D eigenvalue weighted by Gasteiger charge is 2.33. The molecular weight excluding hydrogens is 570 g/mol. The van der Waals surface area contributed by atoms with E-state index in [2.05, 4.69) is 21.3 Å². The Bertz CT molecular complexity index is 997. The van der Waals surface area contributed by atoms with Crippen molar-refractivity contribution in [2.24, 2.45) is 17.8 Å². The Morgan fingerprint density at radius 1 is 0.682 bits per heavy atom. The van der Waals surface area contributed by atoms with E-state index in [4.69, 9.17) is 4.84 Å². The van der Waals surface area contributed by atoms with E-state index in [0.29, 0.717) is 50.1 Å². The Hall–Kier alpha value is -3.51. The average molecular weight is 624 g/mol. The van der Waals surface area contributed by atoms with E-state index in [1.807, 2.05) is 41.5 Å². The Balaban J connectivity index is 2.69. The number of rotatable bonds is 20. The van der Waals surface area contributed by atoms with Gasteiger partial charge in [-0.2, -0.15) is 0 Å². The van der Waals surface area contributed by atoms with Gasteiger partial charge in [-0.25, -0.2) is 4.79 Å². The largest absolute Gasteiger partial charge is 0.354 e. The Morgan fingerprint density at radius 3 is 1.59 bits per heavy atom. The molecule has 1 aliphatic rings. The highest BCUT2D eigenvalue weighted by Crippen LogP contribution is 2.14. The van der Waals surface area contributed by atoms with Gasteiger partial charge in [0.25, 0.3) is 11.8 Å². The highest BCUT2D eigenvalue weighted by atomic mass is 16.7. The van der Waals surface area contributed by atoms with Gasteiger partial charge in [-0.1, -0.05) is 54.9 Å². The van der Waals surface area contributed by atoms with Crippen molar-refractivity contribution >= 4 is 41.4 Å². The summed E-state index contributed by atoms with van der Waals surface area (Å²) in [5.41, 5.74) is 0. The third kappa shape index (κ3) is 14.8. The molecule has 0 unspecified atom stereocenters. The second-order valence-corrected chi connectivity index (χ2v) is 12.6. The van der Waals surface area contributed by atoms with Gasteiger partial charge in [-0.3, -0.25) is 28.8 Å². The number of hydrogen-bond donors (Lipinski definition) is 4. The molecule has 1 fully saturated rings. The molecule has 0 bridgehead atoms. The molecule has 3 atom stereocenters. The van der Waals surface area contributed by atoms with Crippen LogP contribution in [0.1, 0.15) is 113 Å². The lowest BCUT2D eigenvalue weighted by atomic mass is 9.98. The zero-order valence-corrected chi connectivity index (χ0v) is 27.5. The van der Waals surface area contributed by atoms with Crippen LogP contribution in [0.5, 0.6) is 0 Å². The minimum absolute atomic E-state index is 0.0279. The summed E-state index contributed by atoms with van der Waals surface area (Å²) in [6, 6.07) is -2.47. The molecule has 0 radical (unpaired) electrons. The van der Waals surface area contributed by atoms with Crippen LogP contribution in [0.2, 0.25) is 0 Å². The maximum atomic E-state index is 13.4. The van der Waals surface area contributed by atoms with Crippen LogP contribution in [0.15, 0.2) is 0 Å². The first-order valence-electron chi connectivity index (χ1n) is 15.9. The molecule has 0 aromatic heterocycles. The molecular formula is C31H53N5O8. The molecule has 1 heterocycles. The van der Waals surface area contributed by atoms with Crippen molar-refractivity contribution in [1.82, 2.24) is 26.3 Å². The molecule has 13 nitrogen and oxygen atoms in total. The monoisotopic (exact) mass is 623 g/mol. The standard InChI is InChI=1S/C31H53N5O8/c1-8-25(37)33-23(17-20(4)5)30(42)35-24(18-21(6)7)31(43)34-22(16-19(2)3)29(41)32-15-11-9-10-12-28(40)44-36-26(38)13-14-27(36)39/h19-24H,8-18H2,1-7H3,(H,32,41)(H,33,37)(H,34,43)(H,35,42)/t22-,23-,24-/m0/s1. The summed E-state index contributed by atoms with van der Waals surface area (Å²) in [4.78, 5) is 91.5. The predicted molar refractivity (Wildman–Crippen MR) is 163 cm³/mol. The smallest absolute Gasteiger partial charge is 0.333 e. The number of carbonyl (C=O) groups is 7. The summed E-state index contributed by atoms with van der Waals surface area (Å²) in [6.45, 7) is 13.7. The Morgan fingerprint density at radius 2 is 1.14 bits per heavy atom. The van der Waals surface area contributed by atoms with Crippen LogP contribution < -0.4 is 21.3 Å². The van der Waals surface area contributed by atoms with Gasteiger partial charge in [-0.15, -0.1) is 5.06 Å². The lowest BCUT2D eigenvalue weighted by Gasteiger charge is -2.27. The van der Waals surface area contributed by atoms with Gasteiger partial charge in [0, 0.05) is 32.2 Å². The Kier molecular flexibility index (Phi) is 17.2. The fourth-order valence-corrected chi connectivity index (χ4v) is 4.66. The number of carbonyl (C=O) groups excluding carboxylic acids is 7. The molecule has 1 saturated heterocycles. The fourth-order valence-electron chi connectivity index (χ4n) is 4.66. The predicted octanol–water partition coefficient (Wildman–Crippen LogP) is 2.27. The minimum Gasteiger partial charge on any atom is -0.354 e. The number of hydrogen-bond acceptors (Lipinski definition) is 8. The van der Waals surface area contributed by atoms with Crippen LogP contribution in [0.25, 0.3) is 0 Å². The van der Waals surface area contributed by atoms with E-state index >= 15 is 0 Å². The second kappa shape index (κ2) is 19.7. The molecule has 0 aromatic rings. The van der Waals surface area contributed by atoms with Gasteiger partial charge in [0.15, 0.2) is 0 Å². The number of imide groups is 1. The summed E-state index contributed by atoms with van der Waals surface area (Å²) in [5.74, 6) is -2.90. The molecule has 0 spiro atoms. The van der Waals surface area contributed by atoms with Gasteiger partial charge in [0.05, 0.1) is 0 Å². The highest BCUT2D eigenvalue weighted by molar-refractivity contribution is 6.01. The van der Waals surface area contributed by atoms with Crippen molar-refractivity contribution in [3.63, 3.8) is 0 Å². The van der Waals surface area contributed by atoms with Crippen LogP contribution >= 0.6 is 0 Å². The number of amides is 6. The molecule has 0 aliphatic carbocycles. The van der Waals surface area contributed by atoms with Gasteiger partial charge < -0.3 is 26.1 Å². The van der Waals surface area contributed by atoms with E-state index in [1.165, 1.54) is 0 Å². The van der Waals surface area contributed by atoms with Crippen molar-refractivity contribution in [1.29, 1.82) is 0 Å². The first-order valence-corrected chi connectivity index (χ1v) is 15.9. The molecule has 4 N–H and O–H groups in total. The maximum Gasteiger partial charge on any atom is 0.333 e. The SMILES string of the molecule is CCC(=O)N[C@@H](CC(C)C)C(=O)N[C@@H](CC(C)C)C(=O)N[C@@H](CC(C)C)C(=O)NCCCCCC(=O)ON1C(=O)CCC1=O. The lowest BCUT2D eigenvalue weighted by molar-refractivity contribution is -0.197. The molecule has 6 amide bonds. The number of nitrogens with zero attached hydrogens (tertiary/aromatic N) is 1. The first-order chi connectivity index (χ1) is 20.6. The van der Waals surface area contributed by atoms with E-state index in [1.54, 1.807) is 6.92 Å². The zero-order valence-electron chi connectivity index (χ0n) is 27.5. The van der Waals surface area contributed by atoms with Gasteiger partial charge >= 0.3 is 5.97 Å². The summed E-state index contributed by atoms with van der Waals surface area (Å²) >= 11 is 0. The van der Waals surface area contributed by atoms with Gasteiger partial charge in [0.1, 0.15) is 18.1 Å². The third-order valence-electron chi connectivity index (χ3n) is 6.92. The lowest BCUT2D eigenvalue weighted by Crippen LogP contribution is -2.57. The van der Waals surface area contributed by atoms with E-state index in [9.17, 15) is 33.6 Å². The number of nitrogens with one attached hydrogen (secondary N) is 4. The summed E-state index contributed by atoms with van der Waals surface area (Å²) < 4.78 is 0. The molecule has 1 rings (SSSR count). The van der Waals surface area contributed by atoms with Crippen molar-refractivity contribution < 1.29 is 38.4 Å². The second-order valence-electron chi connectivity index (χ2n) is 12.6. The van der Waals surface area contributed by atoms with E-state index in [-0.39, 0.29) is 55.3 Å². The van der Waals surface area contributed by atoms with Crippen LogP contribution in [0, 0.1) is 17.8 Å². The summed E-state index contributed by atoms with van der Waals surface area (Å²) in [5, 5.41) is 11.7. The van der Waals surface area contributed by atoms with Gasteiger partial charge in [-0.05, 0) is 49.9 Å². The molecule has 13 heteroatoms. The fraction of sp³-hybridized carbons (Fsp3) is 0.774. The van der Waals surface area contributed by atoms with Crippen molar-refractivity contribution in [2.75, 3.05) is 6.54 Å². The quantitative estimate of drug-likeness (QED) is 0.118. The number of hydroxylamine groups is 2. The van der Waals surface area contributed by atoms with Crippen LogP contribution in [0.4, 0.5) is 0 Å². The van der Waals surface area contributed by atoms with E-state index < -0.39 is 47.7 Å².